The molecule has 1 N–H and O–H groups in total. The number of hydrogen-bond acceptors (Lipinski definition) is 4. The number of amides is 3. The van der Waals surface area contributed by atoms with E-state index in [1.165, 1.54) is 4.90 Å². The second kappa shape index (κ2) is 7.52. The Bertz CT molecular complexity index is 1040. The molecular weight excluding hydrogens is 356 g/mol. The molecule has 0 saturated carbocycles. The highest BCUT2D eigenvalue weighted by Gasteiger charge is 2.29. The Balaban J connectivity index is 1.81. The third kappa shape index (κ3) is 2.88. The Morgan fingerprint density at radius 2 is 1.79 bits per heavy atom. The molecular formula is C21H24N4O3. The highest BCUT2D eigenvalue weighted by atomic mass is 16.6. The van der Waals surface area contributed by atoms with Crippen molar-refractivity contribution in [3.8, 4) is 0 Å². The van der Waals surface area contributed by atoms with Gasteiger partial charge < -0.3 is 15.1 Å². The Morgan fingerprint density at radius 3 is 2.50 bits per heavy atom. The molecule has 0 radical (unpaired) electrons. The van der Waals surface area contributed by atoms with E-state index in [1.807, 2.05) is 43.3 Å². The first kappa shape index (κ1) is 18.3. The van der Waals surface area contributed by atoms with Crippen LogP contribution in [0.4, 0.5) is 4.79 Å². The average molecular weight is 380 g/mol. The lowest BCUT2D eigenvalue weighted by Crippen LogP contribution is -2.53. The van der Waals surface area contributed by atoms with Gasteiger partial charge in [-0.1, -0.05) is 30.3 Å². The summed E-state index contributed by atoms with van der Waals surface area (Å²) in [6.45, 7) is 4.82. The second-order valence-corrected chi connectivity index (χ2v) is 6.76. The van der Waals surface area contributed by atoms with Gasteiger partial charge in [-0.25, -0.2) is 4.79 Å². The van der Waals surface area contributed by atoms with Crippen molar-refractivity contribution in [1.29, 1.82) is 0 Å². The monoisotopic (exact) mass is 380 g/mol. The number of imide groups is 1. The first-order chi connectivity index (χ1) is 13.7. The van der Waals surface area contributed by atoms with Crippen LogP contribution < -0.4 is 10.2 Å². The fraction of sp³-hybridized carbons (Fsp3) is 0.333. The Morgan fingerprint density at radius 1 is 1.07 bits per heavy atom. The zero-order valence-electron chi connectivity index (χ0n) is 16.1. The molecule has 3 amide bonds. The molecule has 0 spiro atoms. The van der Waals surface area contributed by atoms with Crippen LogP contribution in [-0.2, 0) is 0 Å². The first-order valence-corrected chi connectivity index (χ1v) is 9.55. The van der Waals surface area contributed by atoms with Gasteiger partial charge in [0.05, 0.1) is 11.1 Å². The molecule has 4 rings (SSSR count). The number of urea groups is 1. The minimum atomic E-state index is -0.308. The van der Waals surface area contributed by atoms with Gasteiger partial charge in [-0.2, -0.15) is 4.73 Å². The Hall–Kier alpha value is -3.06. The van der Waals surface area contributed by atoms with E-state index in [1.54, 1.807) is 22.8 Å². The van der Waals surface area contributed by atoms with E-state index in [2.05, 4.69) is 5.32 Å². The van der Waals surface area contributed by atoms with Crippen LogP contribution in [0.3, 0.4) is 0 Å². The van der Waals surface area contributed by atoms with E-state index >= 15 is 0 Å². The molecule has 1 aromatic heterocycles. The van der Waals surface area contributed by atoms with Crippen LogP contribution in [0.15, 0.2) is 42.5 Å². The first-order valence-electron chi connectivity index (χ1n) is 9.55. The molecule has 2 aromatic carbocycles. The molecule has 1 aliphatic heterocycles. The second-order valence-electron chi connectivity index (χ2n) is 6.76. The average Bonchev–Trinajstić information content (AvgIpc) is 3.08. The van der Waals surface area contributed by atoms with E-state index in [9.17, 15) is 9.59 Å². The molecule has 0 unspecified atom stereocenters. The van der Waals surface area contributed by atoms with Gasteiger partial charge in [0.25, 0.3) is 5.91 Å². The number of hydrogen-bond donors (Lipinski definition) is 1. The SMILES string of the molecule is CCN(C(=O)c1cccc2c3ccccc3n(OC)c12)C(=O)N1CCNCC1. The van der Waals surface area contributed by atoms with Crippen LogP contribution in [0.5, 0.6) is 0 Å². The highest BCUT2D eigenvalue weighted by molar-refractivity contribution is 6.17. The van der Waals surface area contributed by atoms with Gasteiger partial charge in [-0.15, -0.1) is 0 Å². The molecule has 3 aromatic rings. The summed E-state index contributed by atoms with van der Waals surface area (Å²) in [5.41, 5.74) is 2.03. The minimum Gasteiger partial charge on any atom is -0.416 e. The standard InChI is InChI=1S/C21H24N4O3/c1-3-24(21(27)23-13-11-22-12-14-23)20(26)17-9-6-8-16-15-7-4-5-10-18(15)25(28-2)19(16)17/h4-10,22H,3,11-14H2,1-2H3. The predicted molar refractivity (Wildman–Crippen MR) is 108 cm³/mol. The topological polar surface area (TPSA) is 66.8 Å². The van der Waals surface area contributed by atoms with Crippen LogP contribution in [-0.4, -0.2) is 66.3 Å². The van der Waals surface area contributed by atoms with E-state index in [0.717, 1.165) is 29.4 Å². The zero-order valence-corrected chi connectivity index (χ0v) is 16.1. The molecule has 1 fully saturated rings. The smallest absolute Gasteiger partial charge is 0.327 e. The number of nitrogens with zero attached hydrogens (tertiary/aromatic N) is 3. The number of benzene rings is 2. The number of carbonyl (C=O) groups is 2. The number of carbonyl (C=O) groups excluding carboxylic acids is 2. The zero-order chi connectivity index (χ0) is 19.7. The maximum atomic E-state index is 13.4. The summed E-state index contributed by atoms with van der Waals surface area (Å²) in [6.07, 6.45) is 0. The number of fused-ring (bicyclic) bond motifs is 3. The van der Waals surface area contributed by atoms with Crippen molar-refractivity contribution in [1.82, 2.24) is 19.8 Å². The minimum absolute atomic E-state index is 0.244. The molecule has 146 valence electrons. The lowest BCUT2D eigenvalue weighted by Gasteiger charge is -2.32. The third-order valence-electron chi connectivity index (χ3n) is 5.24. The van der Waals surface area contributed by atoms with Gasteiger partial charge in [0.1, 0.15) is 12.6 Å². The van der Waals surface area contributed by atoms with Crippen LogP contribution in [0, 0.1) is 0 Å². The summed E-state index contributed by atoms with van der Waals surface area (Å²) < 4.78 is 1.67. The van der Waals surface area contributed by atoms with Gasteiger partial charge in [-0.05, 0) is 19.1 Å². The molecule has 7 nitrogen and oxygen atoms in total. The number of rotatable bonds is 3. The van der Waals surface area contributed by atoms with Gasteiger partial charge >= 0.3 is 6.03 Å². The maximum Gasteiger partial charge on any atom is 0.327 e. The maximum absolute atomic E-state index is 13.4. The van der Waals surface area contributed by atoms with E-state index in [-0.39, 0.29) is 11.9 Å². The highest BCUT2D eigenvalue weighted by Crippen LogP contribution is 2.31. The fourth-order valence-electron chi connectivity index (χ4n) is 3.88. The molecule has 7 heteroatoms. The van der Waals surface area contributed by atoms with E-state index in [0.29, 0.717) is 30.7 Å². The quantitative estimate of drug-likeness (QED) is 0.757. The molecule has 1 aliphatic rings. The fourth-order valence-corrected chi connectivity index (χ4v) is 3.88. The predicted octanol–water partition coefficient (Wildman–Crippen LogP) is 2.34. The Kier molecular flexibility index (Phi) is 4.92. The van der Waals surface area contributed by atoms with Crippen molar-refractivity contribution < 1.29 is 14.4 Å². The summed E-state index contributed by atoms with van der Waals surface area (Å²) in [5.74, 6) is -0.308. The van der Waals surface area contributed by atoms with Crippen molar-refractivity contribution in [2.24, 2.45) is 0 Å². The third-order valence-corrected chi connectivity index (χ3v) is 5.24. The normalized spacial score (nSPS) is 14.4. The van der Waals surface area contributed by atoms with Gasteiger partial charge in [-0.3, -0.25) is 9.69 Å². The molecule has 0 bridgehead atoms. The van der Waals surface area contributed by atoms with Crippen LogP contribution in [0.2, 0.25) is 0 Å². The summed E-state index contributed by atoms with van der Waals surface area (Å²) in [5, 5.41) is 5.15. The summed E-state index contributed by atoms with van der Waals surface area (Å²) >= 11 is 0. The van der Waals surface area contributed by atoms with E-state index in [4.69, 9.17) is 4.84 Å². The largest absolute Gasteiger partial charge is 0.416 e. The summed E-state index contributed by atoms with van der Waals surface area (Å²) in [6, 6.07) is 13.2. The van der Waals surface area contributed by atoms with Gasteiger partial charge in [0, 0.05) is 43.5 Å². The lowest BCUT2D eigenvalue weighted by molar-refractivity contribution is 0.0760. The molecule has 0 aliphatic carbocycles. The molecule has 28 heavy (non-hydrogen) atoms. The number of nitrogens with one attached hydrogen (secondary N) is 1. The van der Waals surface area contributed by atoms with Crippen molar-refractivity contribution >= 4 is 33.7 Å². The van der Waals surface area contributed by atoms with Crippen LogP contribution >= 0.6 is 0 Å². The summed E-state index contributed by atoms with van der Waals surface area (Å²) in [7, 11) is 1.58. The van der Waals surface area contributed by atoms with Crippen molar-refractivity contribution in [2.75, 3.05) is 39.8 Å². The molecule has 1 saturated heterocycles. The van der Waals surface area contributed by atoms with Crippen molar-refractivity contribution in [3.63, 3.8) is 0 Å². The van der Waals surface area contributed by atoms with Crippen LogP contribution in [0.25, 0.3) is 21.8 Å². The summed E-state index contributed by atoms with van der Waals surface area (Å²) in [4.78, 5) is 35.0. The van der Waals surface area contributed by atoms with E-state index < -0.39 is 0 Å². The molecule has 0 atom stereocenters. The van der Waals surface area contributed by atoms with Gasteiger partial charge in [0.2, 0.25) is 0 Å². The number of para-hydroxylation sites is 2. The lowest BCUT2D eigenvalue weighted by atomic mass is 10.1. The van der Waals surface area contributed by atoms with Crippen molar-refractivity contribution in [2.45, 2.75) is 6.92 Å². The van der Waals surface area contributed by atoms with Crippen molar-refractivity contribution in [3.05, 3.63) is 48.0 Å². The number of aromatic nitrogens is 1. The number of piperazine rings is 1. The van der Waals surface area contributed by atoms with Crippen LogP contribution in [0.1, 0.15) is 17.3 Å². The Labute approximate surface area is 163 Å². The van der Waals surface area contributed by atoms with Gasteiger partial charge in [0.15, 0.2) is 0 Å². The molecule has 2 heterocycles.